The third kappa shape index (κ3) is 2.29. The Morgan fingerprint density at radius 1 is 1.11 bits per heavy atom. The minimum atomic E-state index is -0.655. The highest BCUT2D eigenvalue weighted by Gasteiger charge is 2.20. The van der Waals surface area contributed by atoms with Gasteiger partial charge < -0.3 is 14.9 Å². The summed E-state index contributed by atoms with van der Waals surface area (Å²) < 4.78 is 6.90. The van der Waals surface area contributed by atoms with Gasteiger partial charge in [-0.05, 0) is 12.8 Å². The molecule has 0 aromatic carbocycles. The quantitative estimate of drug-likeness (QED) is 0.858. The van der Waals surface area contributed by atoms with E-state index in [1.807, 2.05) is 13.8 Å². The zero-order chi connectivity index (χ0) is 14.0. The first kappa shape index (κ1) is 13.8. The fourth-order valence-electron chi connectivity index (χ4n) is 2.06. The Morgan fingerprint density at radius 3 is 2.11 bits per heavy atom. The molecule has 0 bridgehead atoms. The Morgan fingerprint density at radius 2 is 1.63 bits per heavy atom. The Labute approximate surface area is 111 Å². The summed E-state index contributed by atoms with van der Waals surface area (Å²) in [7, 11) is 1.52. The van der Waals surface area contributed by atoms with E-state index in [1.54, 1.807) is 16.8 Å². The molecular weight excluding hydrogens is 246 g/mol. The van der Waals surface area contributed by atoms with E-state index in [2.05, 4.69) is 9.97 Å². The first-order chi connectivity index (χ1) is 9.13. The van der Waals surface area contributed by atoms with Gasteiger partial charge in [0.1, 0.15) is 0 Å². The summed E-state index contributed by atoms with van der Waals surface area (Å²) in [5.41, 5.74) is 1.76. The summed E-state index contributed by atoms with van der Waals surface area (Å²) in [4.78, 5) is 8.39. The molecule has 2 unspecified atom stereocenters. The van der Waals surface area contributed by atoms with E-state index >= 15 is 0 Å². The molecule has 0 spiro atoms. The van der Waals surface area contributed by atoms with E-state index in [4.69, 9.17) is 4.74 Å². The monoisotopic (exact) mass is 265 g/mol. The second-order valence-electron chi connectivity index (χ2n) is 4.38. The molecule has 0 amide bonds. The fourth-order valence-corrected chi connectivity index (χ4v) is 2.06. The molecule has 19 heavy (non-hydrogen) atoms. The van der Waals surface area contributed by atoms with Crippen LogP contribution in [0, 0.1) is 0 Å². The fraction of sp³-hybridized carbons (Fsp3) is 0.538. The van der Waals surface area contributed by atoms with Crippen LogP contribution in [0.25, 0.3) is 5.65 Å². The van der Waals surface area contributed by atoms with Gasteiger partial charge in [-0.3, -0.25) is 4.40 Å². The minimum Gasteiger partial charge on any atom is -0.478 e. The lowest BCUT2D eigenvalue weighted by Crippen LogP contribution is -2.10. The van der Waals surface area contributed by atoms with Crippen molar-refractivity contribution < 1.29 is 14.9 Å². The summed E-state index contributed by atoms with van der Waals surface area (Å²) in [6.45, 7) is 3.77. The molecule has 2 aromatic rings. The van der Waals surface area contributed by atoms with Crippen molar-refractivity contribution in [3.63, 3.8) is 0 Å². The molecule has 104 valence electrons. The molecule has 2 N–H and O–H groups in total. The van der Waals surface area contributed by atoms with Gasteiger partial charge in [0.15, 0.2) is 0 Å². The molecule has 2 aromatic heterocycles. The van der Waals surface area contributed by atoms with Crippen molar-refractivity contribution >= 4 is 5.65 Å². The summed E-state index contributed by atoms with van der Waals surface area (Å²) >= 11 is 0. The third-order valence-electron chi connectivity index (χ3n) is 3.20. The van der Waals surface area contributed by atoms with Gasteiger partial charge in [-0.2, -0.15) is 0 Å². The SMILES string of the molecule is CCC(O)c1cnc(OC)c2ncc(C(O)CC)n12. The first-order valence-corrected chi connectivity index (χ1v) is 6.40. The van der Waals surface area contributed by atoms with Crippen LogP contribution >= 0.6 is 0 Å². The van der Waals surface area contributed by atoms with Crippen LogP contribution in [0.15, 0.2) is 12.4 Å². The Hall–Kier alpha value is -1.66. The molecule has 2 atom stereocenters. The Balaban J connectivity index is 2.71. The molecule has 0 saturated carbocycles. The lowest BCUT2D eigenvalue weighted by molar-refractivity contribution is 0.155. The largest absolute Gasteiger partial charge is 0.478 e. The van der Waals surface area contributed by atoms with Gasteiger partial charge >= 0.3 is 0 Å². The zero-order valence-electron chi connectivity index (χ0n) is 11.4. The van der Waals surface area contributed by atoms with Crippen molar-refractivity contribution in [2.75, 3.05) is 7.11 Å². The number of methoxy groups -OCH3 is 1. The number of aromatic nitrogens is 3. The highest BCUT2D eigenvalue weighted by molar-refractivity contribution is 5.52. The summed E-state index contributed by atoms with van der Waals surface area (Å²) in [6, 6.07) is 0. The standard InChI is InChI=1S/C13H19N3O3/c1-4-10(17)8-6-14-12-13(19-3)15-7-9(16(8)12)11(18)5-2/h6-7,10-11,17-18H,4-5H2,1-3H3. The first-order valence-electron chi connectivity index (χ1n) is 6.40. The highest BCUT2D eigenvalue weighted by Crippen LogP contribution is 2.27. The Bertz CT molecular complexity index is 568. The average Bonchev–Trinajstić information content (AvgIpc) is 2.89. The van der Waals surface area contributed by atoms with Crippen molar-refractivity contribution in [2.45, 2.75) is 38.9 Å². The van der Waals surface area contributed by atoms with Crippen molar-refractivity contribution in [2.24, 2.45) is 0 Å². The van der Waals surface area contributed by atoms with Crippen LogP contribution in [-0.2, 0) is 0 Å². The molecule has 6 heteroatoms. The summed E-state index contributed by atoms with van der Waals surface area (Å²) in [6.07, 6.45) is 3.00. The van der Waals surface area contributed by atoms with E-state index in [0.717, 1.165) is 0 Å². The molecule has 0 fully saturated rings. The van der Waals surface area contributed by atoms with Crippen LogP contribution in [-0.4, -0.2) is 31.7 Å². The number of ether oxygens (including phenoxy) is 1. The van der Waals surface area contributed by atoms with Crippen molar-refractivity contribution in [1.82, 2.24) is 14.4 Å². The van der Waals surface area contributed by atoms with Gasteiger partial charge in [0.25, 0.3) is 5.88 Å². The zero-order valence-corrected chi connectivity index (χ0v) is 11.4. The smallest absolute Gasteiger partial charge is 0.258 e. The molecule has 0 radical (unpaired) electrons. The highest BCUT2D eigenvalue weighted by atomic mass is 16.5. The molecule has 6 nitrogen and oxygen atoms in total. The number of imidazole rings is 1. The van der Waals surface area contributed by atoms with Crippen LogP contribution in [0.1, 0.15) is 50.3 Å². The predicted molar refractivity (Wildman–Crippen MR) is 70.0 cm³/mol. The van der Waals surface area contributed by atoms with E-state index in [1.165, 1.54) is 7.11 Å². The molecule has 0 aliphatic rings. The number of aliphatic hydroxyl groups is 2. The maximum atomic E-state index is 10.1. The number of nitrogens with zero attached hydrogens (tertiary/aromatic N) is 3. The maximum Gasteiger partial charge on any atom is 0.258 e. The third-order valence-corrected chi connectivity index (χ3v) is 3.20. The van der Waals surface area contributed by atoms with Gasteiger partial charge in [0, 0.05) is 0 Å². The van der Waals surface area contributed by atoms with Crippen LogP contribution in [0.4, 0.5) is 0 Å². The molecule has 0 aliphatic carbocycles. The van der Waals surface area contributed by atoms with Crippen molar-refractivity contribution in [3.05, 3.63) is 23.8 Å². The van der Waals surface area contributed by atoms with Gasteiger partial charge in [-0.25, -0.2) is 9.97 Å². The average molecular weight is 265 g/mol. The number of rotatable bonds is 5. The minimum absolute atomic E-state index is 0.376. The number of fused-ring (bicyclic) bond motifs is 1. The lowest BCUT2D eigenvalue weighted by atomic mass is 10.2. The van der Waals surface area contributed by atoms with Crippen LogP contribution in [0.2, 0.25) is 0 Å². The van der Waals surface area contributed by atoms with E-state index in [0.29, 0.717) is 35.8 Å². The van der Waals surface area contributed by atoms with Crippen LogP contribution in [0.5, 0.6) is 5.88 Å². The van der Waals surface area contributed by atoms with Gasteiger partial charge in [-0.15, -0.1) is 0 Å². The Kier molecular flexibility index (Phi) is 4.01. The molecule has 2 rings (SSSR count). The number of aliphatic hydroxyl groups excluding tert-OH is 2. The number of hydrogen-bond acceptors (Lipinski definition) is 5. The second kappa shape index (κ2) is 5.54. The second-order valence-corrected chi connectivity index (χ2v) is 4.38. The van der Waals surface area contributed by atoms with E-state index in [-0.39, 0.29) is 0 Å². The van der Waals surface area contributed by atoms with Crippen LogP contribution in [0.3, 0.4) is 0 Å². The summed E-state index contributed by atoms with van der Waals surface area (Å²) in [5, 5.41) is 20.1. The predicted octanol–water partition coefficient (Wildman–Crippen LogP) is 1.62. The molecular formula is C13H19N3O3. The van der Waals surface area contributed by atoms with Gasteiger partial charge in [0.2, 0.25) is 5.65 Å². The van der Waals surface area contributed by atoms with Crippen molar-refractivity contribution in [3.8, 4) is 5.88 Å². The van der Waals surface area contributed by atoms with Gasteiger partial charge in [-0.1, -0.05) is 13.8 Å². The molecule has 2 heterocycles. The van der Waals surface area contributed by atoms with E-state index < -0.39 is 12.2 Å². The lowest BCUT2D eigenvalue weighted by Gasteiger charge is -2.16. The summed E-state index contributed by atoms with van der Waals surface area (Å²) in [5.74, 6) is 0.376. The normalized spacial score (nSPS) is 14.6. The molecule has 0 saturated heterocycles. The van der Waals surface area contributed by atoms with Crippen molar-refractivity contribution in [1.29, 1.82) is 0 Å². The van der Waals surface area contributed by atoms with Crippen LogP contribution < -0.4 is 4.74 Å². The van der Waals surface area contributed by atoms with Gasteiger partial charge in [0.05, 0.1) is 43.1 Å². The molecule has 0 aliphatic heterocycles. The number of hydrogen-bond donors (Lipinski definition) is 2. The topological polar surface area (TPSA) is 79.9 Å². The van der Waals surface area contributed by atoms with E-state index in [9.17, 15) is 10.2 Å². The maximum absolute atomic E-state index is 10.1.